The Balaban J connectivity index is 2.05. The lowest BCUT2D eigenvalue weighted by Gasteiger charge is -2.08. The highest BCUT2D eigenvalue weighted by Gasteiger charge is 2.00. The van der Waals surface area contributed by atoms with Crippen LogP contribution in [0.4, 0.5) is 5.69 Å². The van der Waals surface area contributed by atoms with Crippen molar-refractivity contribution in [1.82, 2.24) is 9.55 Å². The molecule has 4 nitrogen and oxygen atoms in total. The molecule has 1 heterocycles. The van der Waals surface area contributed by atoms with Crippen molar-refractivity contribution in [2.75, 3.05) is 5.32 Å². The lowest BCUT2D eigenvalue weighted by Crippen LogP contribution is -2.03. The molecule has 2 N–H and O–H groups in total. The summed E-state index contributed by atoms with van der Waals surface area (Å²) in [6, 6.07) is 5.48. The summed E-state index contributed by atoms with van der Waals surface area (Å²) in [4.78, 5) is 4.05. The maximum absolute atomic E-state index is 9.40. The van der Waals surface area contributed by atoms with Crippen molar-refractivity contribution in [3.8, 4) is 5.75 Å². The number of anilines is 1. The Kier molecular flexibility index (Phi) is 2.81. The van der Waals surface area contributed by atoms with Crippen LogP contribution in [0.25, 0.3) is 0 Å². The number of rotatable bonds is 3. The molecule has 0 unspecified atom stereocenters. The molecule has 2 rings (SSSR count). The first-order chi connectivity index (χ1) is 7.66. The molecule has 84 valence electrons. The smallest absolute Gasteiger partial charge is 0.118 e. The summed E-state index contributed by atoms with van der Waals surface area (Å²) in [7, 11) is 1.96. The molecule has 16 heavy (non-hydrogen) atoms. The molecule has 0 amide bonds. The van der Waals surface area contributed by atoms with Crippen molar-refractivity contribution in [2.24, 2.45) is 7.05 Å². The molecule has 0 atom stereocenters. The number of hydrogen-bond donors (Lipinski definition) is 2. The topological polar surface area (TPSA) is 50.1 Å². The third-order valence-corrected chi connectivity index (χ3v) is 2.59. The maximum atomic E-state index is 9.40. The van der Waals surface area contributed by atoms with Gasteiger partial charge in [0, 0.05) is 18.9 Å². The zero-order valence-electron chi connectivity index (χ0n) is 9.44. The largest absolute Gasteiger partial charge is 0.508 e. The minimum atomic E-state index is 0.325. The molecule has 1 aromatic heterocycles. The first kappa shape index (κ1) is 10.5. The number of hydrogen-bond acceptors (Lipinski definition) is 3. The van der Waals surface area contributed by atoms with Crippen molar-refractivity contribution in [3.63, 3.8) is 0 Å². The number of phenolic OH excluding ortho intramolecular Hbond substituents is 1. The standard InChI is InChI=1S/C12H15N3O/c1-9-5-10(3-4-12(9)16)14-7-11-6-13-8-15(11)2/h3-6,8,14,16H,7H2,1-2H3. The Morgan fingerprint density at radius 3 is 2.88 bits per heavy atom. The number of aromatic hydroxyl groups is 1. The molecule has 1 aromatic carbocycles. The van der Waals surface area contributed by atoms with Crippen LogP contribution in [-0.2, 0) is 13.6 Å². The van der Waals surface area contributed by atoms with Crippen LogP contribution in [0, 0.1) is 6.92 Å². The van der Waals surface area contributed by atoms with Crippen molar-refractivity contribution in [1.29, 1.82) is 0 Å². The summed E-state index contributed by atoms with van der Waals surface area (Å²) in [6.45, 7) is 2.60. The summed E-state index contributed by atoms with van der Waals surface area (Å²) in [6.07, 6.45) is 3.61. The minimum absolute atomic E-state index is 0.325. The number of nitrogens with one attached hydrogen (secondary N) is 1. The average Bonchev–Trinajstić information content (AvgIpc) is 2.66. The summed E-state index contributed by atoms with van der Waals surface area (Å²) < 4.78 is 1.97. The van der Waals surface area contributed by atoms with E-state index in [0.29, 0.717) is 5.75 Å². The summed E-state index contributed by atoms with van der Waals surface area (Å²) in [5, 5.41) is 12.7. The predicted octanol–water partition coefficient (Wildman–Crippen LogP) is 2.05. The SMILES string of the molecule is Cc1cc(NCc2cncn2C)ccc1O. The zero-order chi connectivity index (χ0) is 11.5. The average molecular weight is 217 g/mol. The van der Waals surface area contributed by atoms with Crippen LogP contribution in [0.2, 0.25) is 0 Å². The van der Waals surface area contributed by atoms with Gasteiger partial charge in [0.2, 0.25) is 0 Å². The van der Waals surface area contributed by atoms with Gasteiger partial charge in [-0.2, -0.15) is 0 Å². The molecule has 0 aliphatic carbocycles. The summed E-state index contributed by atoms with van der Waals surface area (Å²) >= 11 is 0. The Hall–Kier alpha value is -1.97. The number of imidazole rings is 1. The third-order valence-electron chi connectivity index (χ3n) is 2.59. The van der Waals surface area contributed by atoms with E-state index in [1.165, 1.54) is 0 Å². The summed E-state index contributed by atoms with van der Waals surface area (Å²) in [5.74, 6) is 0.325. The number of aryl methyl sites for hydroxylation is 2. The number of phenols is 1. The zero-order valence-corrected chi connectivity index (χ0v) is 9.44. The molecule has 0 fully saturated rings. The van der Waals surface area contributed by atoms with E-state index >= 15 is 0 Å². The van der Waals surface area contributed by atoms with Gasteiger partial charge in [0.1, 0.15) is 5.75 Å². The minimum Gasteiger partial charge on any atom is -0.508 e. The first-order valence-corrected chi connectivity index (χ1v) is 5.15. The predicted molar refractivity (Wildman–Crippen MR) is 63.4 cm³/mol. The van der Waals surface area contributed by atoms with Crippen molar-refractivity contribution < 1.29 is 5.11 Å². The summed E-state index contributed by atoms with van der Waals surface area (Å²) in [5.41, 5.74) is 2.98. The van der Waals surface area contributed by atoms with Gasteiger partial charge in [-0.15, -0.1) is 0 Å². The van der Waals surface area contributed by atoms with Crippen LogP contribution in [-0.4, -0.2) is 14.7 Å². The van der Waals surface area contributed by atoms with Gasteiger partial charge < -0.3 is 15.0 Å². The van der Waals surface area contributed by atoms with Gasteiger partial charge in [-0.1, -0.05) is 0 Å². The second kappa shape index (κ2) is 4.26. The van der Waals surface area contributed by atoms with Gasteiger partial charge in [-0.25, -0.2) is 4.98 Å². The van der Waals surface area contributed by atoms with Crippen LogP contribution in [0.5, 0.6) is 5.75 Å². The molecule has 0 aliphatic heterocycles. The van der Waals surface area contributed by atoms with Gasteiger partial charge in [-0.3, -0.25) is 0 Å². The lowest BCUT2D eigenvalue weighted by atomic mass is 10.2. The van der Waals surface area contributed by atoms with Gasteiger partial charge >= 0.3 is 0 Å². The molecule has 0 saturated carbocycles. The Morgan fingerprint density at radius 1 is 1.44 bits per heavy atom. The number of benzene rings is 1. The van der Waals surface area contributed by atoms with Gasteiger partial charge in [0.15, 0.2) is 0 Å². The second-order valence-corrected chi connectivity index (χ2v) is 3.85. The quantitative estimate of drug-likeness (QED) is 0.773. The van der Waals surface area contributed by atoms with Gasteiger partial charge in [-0.05, 0) is 30.7 Å². The van der Waals surface area contributed by atoms with E-state index in [4.69, 9.17) is 0 Å². The molecular weight excluding hydrogens is 202 g/mol. The molecule has 2 aromatic rings. The highest BCUT2D eigenvalue weighted by molar-refractivity contribution is 5.50. The number of nitrogens with zero attached hydrogens (tertiary/aromatic N) is 2. The second-order valence-electron chi connectivity index (χ2n) is 3.85. The molecule has 0 spiro atoms. The van der Waals surface area contributed by atoms with E-state index < -0.39 is 0 Å². The van der Waals surface area contributed by atoms with E-state index in [9.17, 15) is 5.11 Å². The van der Waals surface area contributed by atoms with E-state index in [0.717, 1.165) is 23.5 Å². The van der Waals surface area contributed by atoms with Crippen LogP contribution in [0.3, 0.4) is 0 Å². The van der Waals surface area contributed by atoms with E-state index in [2.05, 4.69) is 10.3 Å². The molecular formula is C12H15N3O. The fourth-order valence-corrected chi connectivity index (χ4v) is 1.51. The Bertz CT molecular complexity index is 491. The maximum Gasteiger partial charge on any atom is 0.118 e. The fourth-order valence-electron chi connectivity index (χ4n) is 1.51. The Labute approximate surface area is 94.6 Å². The van der Waals surface area contributed by atoms with Gasteiger partial charge in [0.25, 0.3) is 0 Å². The van der Waals surface area contributed by atoms with Crippen LogP contribution in [0.15, 0.2) is 30.7 Å². The van der Waals surface area contributed by atoms with E-state index in [1.807, 2.05) is 36.9 Å². The van der Waals surface area contributed by atoms with E-state index in [-0.39, 0.29) is 0 Å². The van der Waals surface area contributed by atoms with Gasteiger partial charge in [0.05, 0.1) is 18.6 Å². The van der Waals surface area contributed by atoms with E-state index in [1.54, 1.807) is 12.4 Å². The normalized spacial score (nSPS) is 10.4. The van der Waals surface area contributed by atoms with Crippen LogP contribution < -0.4 is 5.32 Å². The highest BCUT2D eigenvalue weighted by atomic mass is 16.3. The lowest BCUT2D eigenvalue weighted by molar-refractivity contribution is 0.471. The van der Waals surface area contributed by atoms with Crippen molar-refractivity contribution in [2.45, 2.75) is 13.5 Å². The Morgan fingerprint density at radius 2 is 2.25 bits per heavy atom. The third kappa shape index (κ3) is 2.16. The van der Waals surface area contributed by atoms with Crippen LogP contribution in [0.1, 0.15) is 11.3 Å². The van der Waals surface area contributed by atoms with Crippen molar-refractivity contribution in [3.05, 3.63) is 42.0 Å². The molecule has 0 aliphatic rings. The number of aromatic nitrogens is 2. The van der Waals surface area contributed by atoms with Crippen LogP contribution >= 0.6 is 0 Å². The van der Waals surface area contributed by atoms with Crippen molar-refractivity contribution >= 4 is 5.69 Å². The monoisotopic (exact) mass is 217 g/mol. The fraction of sp³-hybridized carbons (Fsp3) is 0.250. The highest BCUT2D eigenvalue weighted by Crippen LogP contribution is 2.20. The molecule has 4 heteroatoms. The molecule has 0 bridgehead atoms. The first-order valence-electron chi connectivity index (χ1n) is 5.15. The molecule has 0 radical (unpaired) electrons. The molecule has 0 saturated heterocycles.